The van der Waals surface area contributed by atoms with Crippen LogP contribution < -0.4 is 0 Å². The zero-order valence-electron chi connectivity index (χ0n) is 23.7. The van der Waals surface area contributed by atoms with Gasteiger partial charge in [0.25, 0.3) is 0 Å². The number of benzene rings is 5. The molecule has 0 aliphatic rings. The Morgan fingerprint density at radius 3 is 1.30 bits per heavy atom. The Balaban J connectivity index is 1.29. The fourth-order valence-corrected chi connectivity index (χ4v) is 5.23. The van der Waals surface area contributed by atoms with Crippen LogP contribution >= 0.6 is 0 Å². The average Bonchev–Trinajstić information content (AvgIpc) is 3.09. The van der Waals surface area contributed by atoms with Crippen LogP contribution in [0.5, 0.6) is 0 Å². The van der Waals surface area contributed by atoms with Gasteiger partial charge in [0.1, 0.15) is 0 Å². The minimum Gasteiger partial charge on any atom is -0.262 e. The summed E-state index contributed by atoms with van der Waals surface area (Å²) in [5.74, 6) is 1.93. The summed E-state index contributed by atoms with van der Waals surface area (Å²) in [5.41, 5.74) is 10.7. The summed E-state index contributed by atoms with van der Waals surface area (Å²) in [6.45, 7) is 2.02. The quantitative estimate of drug-likeness (QED) is 0.206. The lowest BCUT2D eigenvalue weighted by Crippen LogP contribution is -2.00. The summed E-state index contributed by atoms with van der Waals surface area (Å²) in [6, 6.07) is 50.0. The van der Waals surface area contributed by atoms with Crippen molar-refractivity contribution >= 4 is 0 Å². The van der Waals surface area contributed by atoms with E-state index >= 15 is 0 Å². The predicted molar refractivity (Wildman–Crippen MR) is 175 cm³/mol. The fraction of sp³-hybridized carbons (Fsp3) is 0.0256. The number of pyridine rings is 1. The number of rotatable bonds is 6. The summed E-state index contributed by atoms with van der Waals surface area (Å²) >= 11 is 0. The molecule has 0 aliphatic heterocycles. The van der Waals surface area contributed by atoms with Gasteiger partial charge in [0.15, 0.2) is 17.5 Å². The van der Waals surface area contributed by atoms with Gasteiger partial charge in [0, 0.05) is 28.6 Å². The molecule has 4 nitrogen and oxygen atoms in total. The molecule has 5 aromatic carbocycles. The van der Waals surface area contributed by atoms with E-state index in [0.29, 0.717) is 17.5 Å². The molecule has 4 heteroatoms. The summed E-state index contributed by atoms with van der Waals surface area (Å²) in [6.07, 6.45) is 1.86. The van der Waals surface area contributed by atoms with Gasteiger partial charge in [-0.05, 0) is 64.6 Å². The molecule has 0 spiro atoms. The first-order valence-corrected chi connectivity index (χ1v) is 14.3. The highest BCUT2D eigenvalue weighted by Gasteiger charge is 2.13. The summed E-state index contributed by atoms with van der Waals surface area (Å²) in [5, 5.41) is 0. The van der Waals surface area contributed by atoms with Crippen molar-refractivity contribution in [1.29, 1.82) is 0 Å². The third kappa shape index (κ3) is 5.72. The van der Waals surface area contributed by atoms with Gasteiger partial charge < -0.3 is 0 Å². The highest BCUT2D eigenvalue weighted by molar-refractivity contribution is 5.77. The lowest BCUT2D eigenvalue weighted by Gasteiger charge is -2.11. The molecule has 0 saturated heterocycles. The van der Waals surface area contributed by atoms with Gasteiger partial charge in [0.05, 0.1) is 0 Å². The molecule has 43 heavy (non-hydrogen) atoms. The molecular weight excluding hydrogens is 524 g/mol. The smallest absolute Gasteiger partial charge is 0.164 e. The third-order valence-electron chi connectivity index (χ3n) is 7.46. The normalized spacial score (nSPS) is 10.9. The van der Waals surface area contributed by atoms with Crippen LogP contribution in [0.2, 0.25) is 0 Å². The second-order valence-corrected chi connectivity index (χ2v) is 10.5. The summed E-state index contributed by atoms with van der Waals surface area (Å²) in [4.78, 5) is 19.2. The van der Waals surface area contributed by atoms with Gasteiger partial charge in [-0.25, -0.2) is 15.0 Å². The lowest BCUT2D eigenvalue weighted by molar-refractivity contribution is 1.07. The molecule has 2 heterocycles. The van der Waals surface area contributed by atoms with E-state index in [4.69, 9.17) is 15.0 Å². The zero-order chi connectivity index (χ0) is 29.0. The Morgan fingerprint density at radius 2 is 0.721 bits per heavy atom. The molecule has 0 radical (unpaired) electrons. The number of hydrogen-bond donors (Lipinski definition) is 0. The molecule has 0 unspecified atom stereocenters. The Morgan fingerprint density at radius 1 is 0.326 bits per heavy atom. The monoisotopic (exact) mass is 552 g/mol. The maximum Gasteiger partial charge on any atom is 0.164 e. The van der Waals surface area contributed by atoms with Crippen LogP contribution in [0.4, 0.5) is 0 Å². The van der Waals surface area contributed by atoms with Gasteiger partial charge >= 0.3 is 0 Å². The van der Waals surface area contributed by atoms with Gasteiger partial charge in [-0.3, -0.25) is 4.98 Å². The fourth-order valence-electron chi connectivity index (χ4n) is 5.23. The highest BCUT2D eigenvalue weighted by atomic mass is 15.0. The van der Waals surface area contributed by atoms with Crippen molar-refractivity contribution in [2.75, 3.05) is 0 Å². The molecule has 0 saturated carbocycles. The Labute approximate surface area is 251 Å². The van der Waals surface area contributed by atoms with E-state index in [2.05, 4.69) is 108 Å². The molecule has 7 rings (SSSR count). The molecule has 0 bridgehead atoms. The minimum absolute atomic E-state index is 0.638. The van der Waals surface area contributed by atoms with Crippen LogP contribution in [0.15, 0.2) is 152 Å². The molecule has 0 amide bonds. The van der Waals surface area contributed by atoms with Crippen molar-refractivity contribution in [1.82, 2.24) is 19.9 Å². The largest absolute Gasteiger partial charge is 0.262 e. The molecule has 0 N–H and O–H groups in total. The van der Waals surface area contributed by atoms with Crippen molar-refractivity contribution in [2.45, 2.75) is 6.92 Å². The van der Waals surface area contributed by atoms with Crippen molar-refractivity contribution in [3.8, 4) is 67.5 Å². The van der Waals surface area contributed by atoms with Crippen LogP contribution in [-0.4, -0.2) is 19.9 Å². The molecule has 0 atom stereocenters. The Hall–Kier alpha value is -5.74. The average molecular weight is 553 g/mol. The molecule has 0 fully saturated rings. The minimum atomic E-state index is 0.638. The van der Waals surface area contributed by atoms with E-state index in [1.165, 1.54) is 5.56 Å². The highest BCUT2D eigenvalue weighted by Crippen LogP contribution is 2.31. The molecule has 7 aromatic rings. The number of aromatic nitrogens is 4. The SMILES string of the molecule is Cc1cc(-c2cccc(-c3cccc(-c4nc(-c5ccccc5)nc(-c5ccc(-c6ccccc6)cc5)n4)c3)c2)ccn1. The van der Waals surface area contributed by atoms with Crippen LogP contribution in [0.3, 0.4) is 0 Å². The predicted octanol–water partition coefficient (Wildman–Crippen LogP) is 9.58. The maximum atomic E-state index is 4.98. The Kier molecular flexibility index (Phi) is 7.08. The number of nitrogens with zero attached hydrogens (tertiary/aromatic N) is 4. The van der Waals surface area contributed by atoms with Crippen molar-refractivity contribution in [2.24, 2.45) is 0 Å². The van der Waals surface area contributed by atoms with Crippen LogP contribution in [-0.2, 0) is 0 Å². The maximum absolute atomic E-state index is 4.98. The zero-order valence-corrected chi connectivity index (χ0v) is 23.7. The second kappa shape index (κ2) is 11.6. The van der Waals surface area contributed by atoms with Crippen LogP contribution in [0.1, 0.15) is 5.69 Å². The van der Waals surface area contributed by atoms with E-state index in [9.17, 15) is 0 Å². The van der Waals surface area contributed by atoms with Gasteiger partial charge in [-0.15, -0.1) is 0 Å². The Bertz CT molecular complexity index is 2020. The third-order valence-corrected chi connectivity index (χ3v) is 7.46. The summed E-state index contributed by atoms with van der Waals surface area (Å²) < 4.78 is 0. The first-order chi connectivity index (χ1) is 21.2. The molecule has 0 aliphatic carbocycles. The molecule has 204 valence electrons. The molecule has 2 aromatic heterocycles. The number of hydrogen-bond acceptors (Lipinski definition) is 4. The van der Waals surface area contributed by atoms with Crippen molar-refractivity contribution in [3.05, 3.63) is 157 Å². The topological polar surface area (TPSA) is 51.6 Å². The van der Waals surface area contributed by atoms with Gasteiger partial charge in [-0.1, -0.05) is 121 Å². The van der Waals surface area contributed by atoms with E-state index in [1.807, 2.05) is 55.6 Å². The van der Waals surface area contributed by atoms with Crippen LogP contribution in [0, 0.1) is 6.92 Å². The molecular formula is C39H28N4. The first-order valence-electron chi connectivity index (χ1n) is 14.3. The van der Waals surface area contributed by atoms with Crippen molar-refractivity contribution < 1.29 is 0 Å². The lowest BCUT2D eigenvalue weighted by atomic mass is 9.98. The van der Waals surface area contributed by atoms with Gasteiger partial charge in [-0.2, -0.15) is 0 Å². The van der Waals surface area contributed by atoms with Crippen molar-refractivity contribution in [3.63, 3.8) is 0 Å². The van der Waals surface area contributed by atoms with Crippen LogP contribution in [0.25, 0.3) is 67.5 Å². The standard InChI is InChI=1S/C39H28N4/c1-27-24-35(22-23-40-27)33-15-8-14-32(25-33)34-16-9-17-36(26-34)39-42-37(30-12-6-3-7-13-30)41-38(43-39)31-20-18-29(19-21-31)28-10-4-2-5-11-28/h2-26H,1H3. The second-order valence-electron chi connectivity index (χ2n) is 10.5. The van der Waals surface area contributed by atoms with E-state index in [-0.39, 0.29) is 0 Å². The van der Waals surface area contributed by atoms with E-state index in [0.717, 1.165) is 50.2 Å². The number of aryl methyl sites for hydroxylation is 1. The summed E-state index contributed by atoms with van der Waals surface area (Å²) in [7, 11) is 0. The van der Waals surface area contributed by atoms with E-state index in [1.54, 1.807) is 0 Å². The first kappa shape index (κ1) is 26.2. The van der Waals surface area contributed by atoms with Gasteiger partial charge in [0.2, 0.25) is 0 Å². The van der Waals surface area contributed by atoms with E-state index < -0.39 is 0 Å².